The molecule has 0 aromatic rings. The molecule has 0 saturated heterocycles. The van der Waals surface area contributed by atoms with E-state index in [0.29, 0.717) is 6.42 Å². The van der Waals surface area contributed by atoms with E-state index in [9.17, 15) is 14.7 Å². The zero-order valence-corrected chi connectivity index (χ0v) is 6.86. The Morgan fingerprint density at radius 3 is 2.58 bits per heavy atom. The van der Waals surface area contributed by atoms with Crippen LogP contribution in [0.25, 0.3) is 0 Å². The number of carboxylic acid groups (broad SMARTS) is 1. The van der Waals surface area contributed by atoms with Gasteiger partial charge in [0.25, 0.3) is 0 Å². The summed E-state index contributed by atoms with van der Waals surface area (Å²) in [5, 5.41) is 18.0. The van der Waals surface area contributed by atoms with E-state index in [0.717, 1.165) is 0 Å². The maximum Gasteiger partial charge on any atom is 0.309 e. The summed E-state index contributed by atoms with van der Waals surface area (Å²) in [7, 11) is 0. The fraction of sp³-hybridized carbons (Fsp3) is 0.750. The molecule has 4 heteroatoms. The molecule has 1 aliphatic rings. The zero-order valence-electron chi connectivity index (χ0n) is 6.86. The predicted octanol–water partition coefficient (Wildman–Crippen LogP) is 0.0471. The number of carbonyl (C=O) groups excluding carboxylic acids is 1. The lowest BCUT2D eigenvalue weighted by atomic mass is 9.79. The Morgan fingerprint density at radius 1 is 1.50 bits per heavy atom. The minimum absolute atomic E-state index is 0.0269. The van der Waals surface area contributed by atoms with E-state index in [1.165, 1.54) is 0 Å². The van der Waals surface area contributed by atoms with Gasteiger partial charge in [0, 0.05) is 12.8 Å². The van der Waals surface area contributed by atoms with Gasteiger partial charge in [-0.15, -0.1) is 0 Å². The van der Waals surface area contributed by atoms with Crippen molar-refractivity contribution in [2.45, 2.75) is 25.9 Å². The van der Waals surface area contributed by atoms with Crippen molar-refractivity contribution in [3.05, 3.63) is 0 Å². The molecule has 0 bridgehead atoms. The first-order chi connectivity index (χ1) is 5.52. The second-order valence-corrected chi connectivity index (χ2v) is 3.36. The molecule has 0 radical (unpaired) electrons. The van der Waals surface area contributed by atoms with Crippen LogP contribution in [0.5, 0.6) is 0 Å². The molecule has 1 rings (SSSR count). The Kier molecular flexibility index (Phi) is 2.47. The number of aliphatic hydroxyl groups excluding tert-OH is 1. The molecule has 4 nitrogen and oxygen atoms in total. The van der Waals surface area contributed by atoms with Gasteiger partial charge in [-0.25, -0.2) is 0 Å². The van der Waals surface area contributed by atoms with Gasteiger partial charge in [-0.2, -0.15) is 0 Å². The van der Waals surface area contributed by atoms with Crippen LogP contribution in [0.15, 0.2) is 0 Å². The fourth-order valence-electron chi connectivity index (χ4n) is 1.56. The third kappa shape index (κ3) is 1.64. The number of aliphatic hydroxyl groups is 1. The van der Waals surface area contributed by atoms with Crippen LogP contribution in [-0.2, 0) is 9.59 Å². The molecular formula is C8H12O4. The average Bonchev–Trinajstić information content (AvgIpc) is 1.96. The van der Waals surface area contributed by atoms with Gasteiger partial charge in [0.05, 0.1) is 12.0 Å². The Bertz CT molecular complexity index is 209. The van der Waals surface area contributed by atoms with Crippen LogP contribution in [0.1, 0.15) is 19.8 Å². The number of aliphatic carboxylic acids is 1. The van der Waals surface area contributed by atoms with E-state index in [-0.39, 0.29) is 18.1 Å². The quantitative estimate of drug-likeness (QED) is 0.586. The standard InChI is InChI=1S/C8H12O4/c1-4-2-5(9)3-6(7(4)10)8(11)12/h4,6-7,10H,2-3H2,1H3,(H,11,12). The summed E-state index contributed by atoms with van der Waals surface area (Å²) >= 11 is 0. The van der Waals surface area contributed by atoms with Crippen molar-refractivity contribution in [3.8, 4) is 0 Å². The molecule has 2 N–H and O–H groups in total. The van der Waals surface area contributed by atoms with Crippen LogP contribution in [0, 0.1) is 11.8 Å². The molecule has 1 saturated carbocycles. The molecular weight excluding hydrogens is 160 g/mol. The molecule has 0 spiro atoms. The molecule has 68 valence electrons. The van der Waals surface area contributed by atoms with E-state index in [2.05, 4.69) is 0 Å². The number of ketones is 1. The molecule has 3 unspecified atom stereocenters. The van der Waals surface area contributed by atoms with Gasteiger partial charge < -0.3 is 10.2 Å². The Hall–Kier alpha value is -0.900. The Labute approximate surface area is 70.2 Å². The minimum Gasteiger partial charge on any atom is -0.481 e. The number of Topliss-reactive ketones (excluding diaryl/α,β-unsaturated/α-hetero) is 1. The molecule has 1 aliphatic carbocycles. The van der Waals surface area contributed by atoms with Crippen molar-refractivity contribution >= 4 is 11.8 Å². The summed E-state index contributed by atoms with van der Waals surface area (Å²) in [6.45, 7) is 1.69. The zero-order chi connectivity index (χ0) is 9.30. The van der Waals surface area contributed by atoms with Crippen LogP contribution in [0.2, 0.25) is 0 Å². The minimum atomic E-state index is -1.08. The predicted molar refractivity (Wildman–Crippen MR) is 40.5 cm³/mol. The fourth-order valence-corrected chi connectivity index (χ4v) is 1.56. The van der Waals surface area contributed by atoms with Gasteiger partial charge in [-0.1, -0.05) is 6.92 Å². The Balaban J connectivity index is 2.72. The summed E-state index contributed by atoms with van der Waals surface area (Å²) < 4.78 is 0. The van der Waals surface area contributed by atoms with Crippen LogP contribution in [0.4, 0.5) is 0 Å². The first kappa shape index (κ1) is 9.19. The average molecular weight is 172 g/mol. The van der Waals surface area contributed by atoms with E-state index >= 15 is 0 Å². The van der Waals surface area contributed by atoms with Crippen LogP contribution in [0.3, 0.4) is 0 Å². The van der Waals surface area contributed by atoms with Gasteiger partial charge in [-0.3, -0.25) is 9.59 Å². The highest BCUT2D eigenvalue weighted by Gasteiger charge is 2.37. The lowest BCUT2D eigenvalue weighted by Gasteiger charge is -2.28. The molecule has 1 fully saturated rings. The highest BCUT2D eigenvalue weighted by Crippen LogP contribution is 2.26. The monoisotopic (exact) mass is 172 g/mol. The van der Waals surface area contributed by atoms with Crippen molar-refractivity contribution in [2.24, 2.45) is 11.8 Å². The lowest BCUT2D eigenvalue weighted by Crippen LogP contribution is -2.40. The van der Waals surface area contributed by atoms with E-state index < -0.39 is 18.0 Å². The SMILES string of the molecule is CC1CC(=O)CC(C(=O)O)C1O. The molecule has 0 amide bonds. The van der Waals surface area contributed by atoms with Crippen molar-refractivity contribution in [2.75, 3.05) is 0 Å². The van der Waals surface area contributed by atoms with Gasteiger partial charge in [0.1, 0.15) is 5.78 Å². The van der Waals surface area contributed by atoms with Gasteiger partial charge in [0.15, 0.2) is 0 Å². The smallest absolute Gasteiger partial charge is 0.309 e. The molecule has 0 aromatic heterocycles. The summed E-state index contributed by atoms with van der Waals surface area (Å²) in [5.74, 6) is -2.28. The van der Waals surface area contributed by atoms with E-state index in [1.54, 1.807) is 6.92 Å². The van der Waals surface area contributed by atoms with Gasteiger partial charge >= 0.3 is 5.97 Å². The first-order valence-electron chi connectivity index (χ1n) is 3.95. The topological polar surface area (TPSA) is 74.6 Å². The second kappa shape index (κ2) is 3.23. The molecule has 0 aliphatic heterocycles. The summed E-state index contributed by atoms with van der Waals surface area (Å²) in [6, 6.07) is 0. The maximum absolute atomic E-state index is 11.0. The van der Waals surface area contributed by atoms with Crippen molar-refractivity contribution in [3.63, 3.8) is 0 Å². The van der Waals surface area contributed by atoms with Gasteiger partial charge in [0.2, 0.25) is 0 Å². The molecule has 12 heavy (non-hydrogen) atoms. The number of hydrogen-bond acceptors (Lipinski definition) is 3. The maximum atomic E-state index is 11.0. The summed E-state index contributed by atoms with van der Waals surface area (Å²) in [6.07, 6.45) is -0.605. The third-order valence-corrected chi connectivity index (χ3v) is 2.31. The largest absolute Gasteiger partial charge is 0.481 e. The van der Waals surface area contributed by atoms with Crippen molar-refractivity contribution < 1.29 is 19.8 Å². The number of hydrogen-bond donors (Lipinski definition) is 2. The molecule has 0 aromatic carbocycles. The third-order valence-electron chi connectivity index (χ3n) is 2.31. The highest BCUT2D eigenvalue weighted by atomic mass is 16.4. The van der Waals surface area contributed by atoms with Crippen molar-refractivity contribution in [1.29, 1.82) is 0 Å². The van der Waals surface area contributed by atoms with Crippen LogP contribution < -0.4 is 0 Å². The molecule has 0 heterocycles. The summed E-state index contributed by atoms with van der Waals surface area (Å²) in [5.41, 5.74) is 0. The van der Waals surface area contributed by atoms with E-state index in [4.69, 9.17) is 5.11 Å². The number of carboxylic acids is 1. The van der Waals surface area contributed by atoms with Crippen molar-refractivity contribution in [1.82, 2.24) is 0 Å². The van der Waals surface area contributed by atoms with Crippen LogP contribution >= 0.6 is 0 Å². The van der Waals surface area contributed by atoms with E-state index in [1.807, 2.05) is 0 Å². The second-order valence-electron chi connectivity index (χ2n) is 3.36. The number of carbonyl (C=O) groups is 2. The highest BCUT2D eigenvalue weighted by molar-refractivity contribution is 5.85. The normalized spacial score (nSPS) is 36.5. The molecule has 3 atom stereocenters. The number of rotatable bonds is 1. The van der Waals surface area contributed by atoms with Gasteiger partial charge in [-0.05, 0) is 5.92 Å². The Morgan fingerprint density at radius 2 is 2.08 bits per heavy atom. The summed E-state index contributed by atoms with van der Waals surface area (Å²) in [4.78, 5) is 21.5. The lowest BCUT2D eigenvalue weighted by molar-refractivity contribution is -0.152. The first-order valence-corrected chi connectivity index (χ1v) is 3.95. The van der Waals surface area contributed by atoms with Crippen LogP contribution in [-0.4, -0.2) is 28.1 Å².